The Hall–Kier alpha value is -2.60. The Morgan fingerprint density at radius 3 is 2.72 bits per heavy atom. The molecular weight excluding hydrogens is 366 g/mol. The van der Waals surface area contributed by atoms with Gasteiger partial charge in [0.25, 0.3) is 5.91 Å². The van der Waals surface area contributed by atoms with Crippen molar-refractivity contribution in [1.29, 1.82) is 0 Å². The molecule has 0 radical (unpaired) electrons. The van der Waals surface area contributed by atoms with E-state index in [0.717, 1.165) is 39.0 Å². The van der Waals surface area contributed by atoms with Gasteiger partial charge < -0.3 is 19.3 Å². The van der Waals surface area contributed by atoms with Crippen molar-refractivity contribution in [3.8, 4) is 5.75 Å². The van der Waals surface area contributed by atoms with Crippen molar-refractivity contribution >= 4 is 11.6 Å². The number of carbonyl (C=O) groups is 1. The van der Waals surface area contributed by atoms with E-state index < -0.39 is 0 Å². The van der Waals surface area contributed by atoms with E-state index in [1.54, 1.807) is 18.5 Å². The number of aromatic nitrogens is 1. The first kappa shape index (κ1) is 19.7. The number of hydrogen-bond acceptors (Lipinski definition) is 5. The Kier molecular flexibility index (Phi) is 5.72. The number of ether oxygens (including phenoxy) is 2. The van der Waals surface area contributed by atoms with Crippen molar-refractivity contribution in [1.82, 2.24) is 9.88 Å². The van der Waals surface area contributed by atoms with Gasteiger partial charge in [-0.05, 0) is 50.5 Å². The lowest BCUT2D eigenvalue weighted by Gasteiger charge is -2.39. The third kappa shape index (κ3) is 4.53. The predicted octanol–water partition coefficient (Wildman–Crippen LogP) is 3.06. The topological polar surface area (TPSA) is 54.9 Å². The summed E-state index contributed by atoms with van der Waals surface area (Å²) in [5.74, 6) is 0.644. The molecule has 4 rings (SSSR count). The molecule has 29 heavy (non-hydrogen) atoms. The maximum absolute atomic E-state index is 12.5. The predicted molar refractivity (Wildman–Crippen MR) is 112 cm³/mol. The van der Waals surface area contributed by atoms with Crippen LogP contribution in [-0.2, 0) is 9.53 Å². The molecule has 6 heteroatoms. The average Bonchev–Trinajstić information content (AvgIpc) is 3.17. The molecule has 2 saturated heterocycles. The van der Waals surface area contributed by atoms with Crippen LogP contribution in [-0.4, -0.2) is 60.8 Å². The number of likely N-dealkylation sites (N-methyl/N-ethyl adjacent to an activating group) is 1. The largest absolute Gasteiger partial charge is 0.482 e. The van der Waals surface area contributed by atoms with Gasteiger partial charge in [0.15, 0.2) is 6.61 Å². The summed E-state index contributed by atoms with van der Waals surface area (Å²) < 4.78 is 11.9. The summed E-state index contributed by atoms with van der Waals surface area (Å²) in [4.78, 5) is 20.7. The van der Waals surface area contributed by atoms with Crippen molar-refractivity contribution < 1.29 is 14.3 Å². The maximum atomic E-state index is 12.5. The highest BCUT2D eigenvalue weighted by atomic mass is 16.5. The van der Waals surface area contributed by atoms with Crippen LogP contribution in [0, 0.1) is 6.92 Å². The van der Waals surface area contributed by atoms with Crippen LogP contribution in [0.1, 0.15) is 24.8 Å². The van der Waals surface area contributed by atoms with Crippen LogP contribution in [0.4, 0.5) is 5.69 Å². The van der Waals surface area contributed by atoms with Gasteiger partial charge in [-0.1, -0.05) is 17.7 Å². The Labute approximate surface area is 172 Å². The first-order valence-corrected chi connectivity index (χ1v) is 10.3. The molecule has 1 amide bonds. The highest BCUT2D eigenvalue weighted by molar-refractivity contribution is 5.77. The van der Waals surface area contributed by atoms with Gasteiger partial charge in [0.05, 0.1) is 24.4 Å². The lowest BCUT2D eigenvalue weighted by molar-refractivity contribution is -0.138. The van der Waals surface area contributed by atoms with Crippen molar-refractivity contribution in [3.63, 3.8) is 0 Å². The number of benzene rings is 1. The molecule has 1 aromatic heterocycles. The maximum Gasteiger partial charge on any atom is 0.260 e. The molecule has 2 aliphatic rings. The summed E-state index contributed by atoms with van der Waals surface area (Å²) in [5, 5.41) is 0. The molecule has 1 spiro atoms. The number of aryl methyl sites for hydroxylation is 1. The fourth-order valence-corrected chi connectivity index (χ4v) is 4.24. The number of pyridine rings is 1. The number of rotatable bonds is 5. The van der Waals surface area contributed by atoms with Gasteiger partial charge in [-0.25, -0.2) is 0 Å². The second kappa shape index (κ2) is 8.41. The smallest absolute Gasteiger partial charge is 0.260 e. The van der Waals surface area contributed by atoms with Crippen LogP contribution >= 0.6 is 0 Å². The van der Waals surface area contributed by atoms with E-state index in [9.17, 15) is 4.79 Å². The van der Waals surface area contributed by atoms with E-state index in [1.165, 1.54) is 11.3 Å². The minimum absolute atomic E-state index is 0.0232. The van der Waals surface area contributed by atoms with Gasteiger partial charge in [0.2, 0.25) is 0 Å². The second-order valence-corrected chi connectivity index (χ2v) is 8.16. The van der Waals surface area contributed by atoms with Crippen LogP contribution in [0.2, 0.25) is 0 Å². The van der Waals surface area contributed by atoms with Crippen molar-refractivity contribution in [2.45, 2.75) is 37.8 Å². The number of likely N-dealkylation sites (tertiary alicyclic amines) is 1. The zero-order valence-electron chi connectivity index (χ0n) is 17.2. The number of nitrogens with zero attached hydrogens (tertiary/aromatic N) is 3. The van der Waals surface area contributed by atoms with Gasteiger partial charge >= 0.3 is 0 Å². The molecule has 6 nitrogen and oxygen atoms in total. The van der Waals surface area contributed by atoms with Crippen molar-refractivity contribution in [2.75, 3.05) is 38.3 Å². The fourth-order valence-electron chi connectivity index (χ4n) is 4.24. The van der Waals surface area contributed by atoms with Gasteiger partial charge in [0, 0.05) is 32.0 Å². The van der Waals surface area contributed by atoms with Gasteiger partial charge in [-0.15, -0.1) is 0 Å². The normalized spacial score (nSPS) is 20.6. The van der Waals surface area contributed by atoms with Gasteiger partial charge in [0.1, 0.15) is 5.75 Å². The Morgan fingerprint density at radius 2 is 2.03 bits per heavy atom. The van der Waals surface area contributed by atoms with E-state index in [4.69, 9.17) is 9.47 Å². The third-order valence-corrected chi connectivity index (χ3v) is 6.20. The number of anilines is 1. The van der Waals surface area contributed by atoms with Crippen molar-refractivity contribution in [2.24, 2.45) is 0 Å². The first-order chi connectivity index (χ1) is 14.0. The van der Waals surface area contributed by atoms with Crippen LogP contribution in [0.15, 0.2) is 48.8 Å². The summed E-state index contributed by atoms with van der Waals surface area (Å²) in [6.45, 7) is 4.33. The summed E-state index contributed by atoms with van der Waals surface area (Å²) in [5.41, 5.74) is 2.39. The highest BCUT2D eigenvalue weighted by Crippen LogP contribution is 2.38. The third-order valence-electron chi connectivity index (χ3n) is 6.20. The summed E-state index contributed by atoms with van der Waals surface area (Å²) in [6, 6.07) is 12.6. The van der Waals surface area contributed by atoms with E-state index >= 15 is 0 Å². The lowest BCUT2D eigenvalue weighted by Crippen LogP contribution is -2.48. The monoisotopic (exact) mass is 395 g/mol. The Morgan fingerprint density at radius 1 is 1.28 bits per heavy atom. The molecule has 2 fully saturated rings. The van der Waals surface area contributed by atoms with E-state index in [0.29, 0.717) is 11.8 Å². The number of hydrogen-bond donors (Lipinski definition) is 0. The molecule has 0 N–H and O–H groups in total. The minimum Gasteiger partial charge on any atom is -0.482 e. The molecule has 0 unspecified atom stereocenters. The summed E-state index contributed by atoms with van der Waals surface area (Å²) in [7, 11) is 2.14. The quantitative estimate of drug-likeness (QED) is 0.779. The molecule has 3 heterocycles. The molecule has 1 atom stereocenters. The van der Waals surface area contributed by atoms with Gasteiger partial charge in [-0.2, -0.15) is 0 Å². The molecule has 2 aliphatic heterocycles. The second-order valence-electron chi connectivity index (χ2n) is 8.16. The molecule has 0 aliphatic carbocycles. The van der Waals surface area contributed by atoms with Crippen LogP contribution in [0.5, 0.6) is 5.75 Å². The molecule has 154 valence electrons. The van der Waals surface area contributed by atoms with E-state index in [-0.39, 0.29) is 18.1 Å². The molecular formula is C23H29N3O3. The SMILES string of the molecule is Cc1ccc(N(C)[C@@H]2COC3(CCN(C(=O)COc4cccnc4)CC3)C2)cc1. The number of carbonyl (C=O) groups excluding carboxylic acids is 1. The summed E-state index contributed by atoms with van der Waals surface area (Å²) in [6.07, 6.45) is 6.07. The van der Waals surface area contributed by atoms with E-state index in [2.05, 4.69) is 48.1 Å². The highest BCUT2D eigenvalue weighted by Gasteiger charge is 2.44. The standard InChI is InChI=1S/C23H29N3O3/c1-18-5-7-19(8-6-18)25(2)20-14-23(29-16-20)9-12-26(13-10-23)22(27)17-28-21-4-3-11-24-15-21/h3-8,11,15,20H,9-10,12-14,16-17H2,1-2H3/t20-/m0/s1. The fraction of sp³-hybridized carbons (Fsp3) is 0.478. The van der Waals surface area contributed by atoms with Crippen LogP contribution < -0.4 is 9.64 Å². The zero-order chi connectivity index (χ0) is 20.3. The number of piperidine rings is 1. The first-order valence-electron chi connectivity index (χ1n) is 10.3. The zero-order valence-corrected chi connectivity index (χ0v) is 17.2. The van der Waals surface area contributed by atoms with Crippen LogP contribution in [0.25, 0.3) is 0 Å². The Bertz CT molecular complexity index is 817. The number of amides is 1. The average molecular weight is 396 g/mol. The molecule has 0 bridgehead atoms. The van der Waals surface area contributed by atoms with E-state index in [1.807, 2.05) is 11.0 Å². The Balaban J connectivity index is 1.27. The lowest BCUT2D eigenvalue weighted by atomic mass is 9.87. The van der Waals surface area contributed by atoms with Crippen LogP contribution in [0.3, 0.4) is 0 Å². The molecule has 1 aromatic carbocycles. The minimum atomic E-state index is -0.107. The van der Waals surface area contributed by atoms with Crippen molar-refractivity contribution in [3.05, 3.63) is 54.4 Å². The van der Waals surface area contributed by atoms with Gasteiger partial charge in [-0.3, -0.25) is 9.78 Å². The molecule has 2 aromatic rings. The molecule has 0 saturated carbocycles. The summed E-state index contributed by atoms with van der Waals surface area (Å²) >= 11 is 0.